The molecule has 0 aliphatic heterocycles. The van der Waals surface area contributed by atoms with Gasteiger partial charge in [-0.15, -0.1) is 11.3 Å². The molecule has 0 amide bonds. The van der Waals surface area contributed by atoms with Crippen LogP contribution in [-0.2, 0) is 0 Å². The van der Waals surface area contributed by atoms with Gasteiger partial charge in [-0.05, 0) is 48.5 Å². The molecular weight excluding hydrogens is 555 g/mol. The molecule has 3 aromatic heterocycles. The molecule has 0 N–H and O–H groups in total. The van der Waals surface area contributed by atoms with Crippen molar-refractivity contribution in [3.8, 4) is 39.6 Å². The van der Waals surface area contributed by atoms with Gasteiger partial charge >= 0.3 is 0 Å². The fraction of sp³-hybridized carbons (Fsp3) is 0. The van der Waals surface area contributed by atoms with Crippen LogP contribution in [0, 0.1) is 0 Å². The van der Waals surface area contributed by atoms with Gasteiger partial charge in [-0.2, -0.15) is 0 Å². The third kappa shape index (κ3) is 3.96. The van der Waals surface area contributed by atoms with Crippen molar-refractivity contribution in [3.05, 3.63) is 152 Å². The summed E-state index contributed by atoms with van der Waals surface area (Å²) in [6.45, 7) is 0. The highest BCUT2D eigenvalue weighted by Gasteiger charge is 2.18. The van der Waals surface area contributed by atoms with Crippen LogP contribution in [0.25, 0.3) is 81.6 Å². The minimum atomic E-state index is 0.714. The molecule has 4 heteroatoms. The van der Waals surface area contributed by atoms with Crippen LogP contribution in [-0.4, -0.2) is 14.5 Å². The zero-order valence-electron chi connectivity index (χ0n) is 23.7. The van der Waals surface area contributed by atoms with Crippen molar-refractivity contribution in [2.24, 2.45) is 0 Å². The molecule has 9 aromatic rings. The number of hydrogen-bond acceptors (Lipinski definition) is 3. The van der Waals surface area contributed by atoms with Gasteiger partial charge in [-0.3, -0.25) is 0 Å². The lowest BCUT2D eigenvalue weighted by molar-refractivity contribution is 1.16. The fourth-order valence-corrected chi connectivity index (χ4v) is 7.62. The Balaban J connectivity index is 1.21. The first-order valence-electron chi connectivity index (χ1n) is 14.8. The van der Waals surface area contributed by atoms with Gasteiger partial charge in [0, 0.05) is 53.3 Å². The molecule has 206 valence electrons. The second kappa shape index (κ2) is 10.0. The predicted molar refractivity (Wildman–Crippen MR) is 186 cm³/mol. The van der Waals surface area contributed by atoms with Crippen LogP contribution in [0.5, 0.6) is 0 Å². The van der Waals surface area contributed by atoms with Gasteiger partial charge in [0.15, 0.2) is 5.82 Å². The third-order valence-corrected chi connectivity index (χ3v) is 9.63. The highest BCUT2D eigenvalue weighted by atomic mass is 32.1. The van der Waals surface area contributed by atoms with E-state index in [9.17, 15) is 0 Å². The molecule has 0 radical (unpaired) electrons. The first-order chi connectivity index (χ1) is 21.8. The van der Waals surface area contributed by atoms with Gasteiger partial charge in [0.1, 0.15) is 0 Å². The van der Waals surface area contributed by atoms with E-state index in [0.717, 1.165) is 33.8 Å². The molecule has 0 saturated carbocycles. The third-order valence-electron chi connectivity index (χ3n) is 8.43. The number of para-hydroxylation sites is 1. The minimum Gasteiger partial charge on any atom is -0.309 e. The Bertz CT molecular complexity index is 2420. The number of thiophene rings is 1. The monoisotopic (exact) mass is 579 g/mol. The number of hydrogen-bond donors (Lipinski definition) is 0. The molecule has 0 saturated heterocycles. The lowest BCUT2D eigenvalue weighted by Gasteiger charge is -2.11. The Kier molecular flexibility index (Phi) is 5.68. The average Bonchev–Trinajstić information content (AvgIpc) is 3.65. The number of rotatable bonds is 4. The molecular formula is C40H25N3S. The van der Waals surface area contributed by atoms with E-state index in [4.69, 9.17) is 9.97 Å². The van der Waals surface area contributed by atoms with Crippen LogP contribution in [0.15, 0.2) is 152 Å². The minimum absolute atomic E-state index is 0.714. The van der Waals surface area contributed by atoms with Crippen LogP contribution >= 0.6 is 11.3 Å². The second-order valence-electron chi connectivity index (χ2n) is 11.0. The van der Waals surface area contributed by atoms with Crippen molar-refractivity contribution in [2.45, 2.75) is 0 Å². The molecule has 0 aliphatic carbocycles. The highest BCUT2D eigenvalue weighted by Crippen LogP contribution is 2.43. The lowest BCUT2D eigenvalue weighted by atomic mass is 10.1. The Morgan fingerprint density at radius 3 is 1.77 bits per heavy atom. The summed E-state index contributed by atoms with van der Waals surface area (Å²) in [5.74, 6) is 0.714. The molecule has 3 heterocycles. The summed E-state index contributed by atoms with van der Waals surface area (Å²) in [5.41, 5.74) is 8.48. The molecule has 3 nitrogen and oxygen atoms in total. The maximum Gasteiger partial charge on any atom is 0.160 e. The molecule has 0 unspecified atom stereocenters. The van der Waals surface area contributed by atoms with Gasteiger partial charge in [-0.25, -0.2) is 9.97 Å². The molecule has 0 aliphatic rings. The summed E-state index contributed by atoms with van der Waals surface area (Å²) in [7, 11) is 0. The van der Waals surface area contributed by atoms with Crippen LogP contribution in [0.3, 0.4) is 0 Å². The van der Waals surface area contributed by atoms with Crippen LogP contribution in [0.2, 0.25) is 0 Å². The zero-order chi connectivity index (χ0) is 29.0. The Hall–Kier alpha value is -5.58. The van der Waals surface area contributed by atoms with E-state index < -0.39 is 0 Å². The Morgan fingerprint density at radius 1 is 0.455 bits per heavy atom. The van der Waals surface area contributed by atoms with Crippen LogP contribution in [0.1, 0.15) is 0 Å². The predicted octanol–water partition coefficient (Wildman–Crippen LogP) is 10.9. The van der Waals surface area contributed by atoms with Crippen molar-refractivity contribution < 1.29 is 0 Å². The molecule has 6 aromatic carbocycles. The van der Waals surface area contributed by atoms with Gasteiger partial charge in [0.05, 0.1) is 22.4 Å². The van der Waals surface area contributed by atoms with Gasteiger partial charge < -0.3 is 4.57 Å². The number of benzene rings is 6. The molecule has 0 spiro atoms. The van der Waals surface area contributed by atoms with Gasteiger partial charge in [0.2, 0.25) is 0 Å². The van der Waals surface area contributed by atoms with Gasteiger partial charge in [0.25, 0.3) is 0 Å². The number of fused-ring (bicyclic) bond motifs is 7. The highest BCUT2D eigenvalue weighted by molar-refractivity contribution is 7.26. The first kappa shape index (κ1) is 25.0. The van der Waals surface area contributed by atoms with Crippen molar-refractivity contribution in [1.82, 2.24) is 14.5 Å². The topological polar surface area (TPSA) is 30.7 Å². The number of nitrogens with zero attached hydrogens (tertiary/aromatic N) is 3. The smallest absolute Gasteiger partial charge is 0.160 e. The van der Waals surface area contributed by atoms with E-state index in [1.807, 2.05) is 47.7 Å². The lowest BCUT2D eigenvalue weighted by Crippen LogP contribution is -1.97. The zero-order valence-corrected chi connectivity index (χ0v) is 24.5. The largest absolute Gasteiger partial charge is 0.309 e. The van der Waals surface area contributed by atoms with E-state index in [1.54, 1.807) is 0 Å². The van der Waals surface area contributed by atoms with E-state index in [1.165, 1.54) is 42.0 Å². The maximum absolute atomic E-state index is 5.03. The molecule has 9 rings (SSSR count). The molecule has 44 heavy (non-hydrogen) atoms. The van der Waals surface area contributed by atoms with E-state index in [0.29, 0.717) is 5.82 Å². The summed E-state index contributed by atoms with van der Waals surface area (Å²) in [6.07, 6.45) is 0. The summed E-state index contributed by atoms with van der Waals surface area (Å²) >= 11 is 1.88. The van der Waals surface area contributed by atoms with E-state index >= 15 is 0 Å². The van der Waals surface area contributed by atoms with Crippen molar-refractivity contribution in [2.75, 3.05) is 0 Å². The summed E-state index contributed by atoms with van der Waals surface area (Å²) in [5, 5.41) is 5.23. The maximum atomic E-state index is 5.03. The van der Waals surface area contributed by atoms with E-state index in [2.05, 4.69) is 120 Å². The normalized spacial score (nSPS) is 11.6. The average molecular weight is 580 g/mol. The van der Waals surface area contributed by atoms with Crippen LogP contribution in [0.4, 0.5) is 0 Å². The molecule has 0 fully saturated rings. The molecule has 0 atom stereocenters. The quantitative estimate of drug-likeness (QED) is 0.208. The van der Waals surface area contributed by atoms with Gasteiger partial charge in [-0.1, -0.05) is 103 Å². The van der Waals surface area contributed by atoms with Crippen molar-refractivity contribution in [1.29, 1.82) is 0 Å². The van der Waals surface area contributed by atoms with Crippen molar-refractivity contribution >= 4 is 53.3 Å². The SMILES string of the molecule is c1ccc(-c2cc(-c3ccccc3)nc(-c3ccc(-n4c5ccccc5c5c6sc7ccccc7c6ccc54)cc3)n2)cc1. The second-order valence-corrected chi connectivity index (χ2v) is 12.1. The summed E-state index contributed by atoms with van der Waals surface area (Å²) in [6, 6.07) is 53.4. The first-order valence-corrected chi connectivity index (χ1v) is 15.6. The van der Waals surface area contributed by atoms with Crippen LogP contribution < -0.4 is 0 Å². The summed E-state index contributed by atoms with van der Waals surface area (Å²) < 4.78 is 5.05. The Labute approximate surface area is 258 Å². The Morgan fingerprint density at radius 2 is 1.07 bits per heavy atom. The standard InChI is InChI=1S/C40H25N3S/c1-3-11-26(12-4-1)33-25-34(27-13-5-2-6-14-27)42-40(41-33)28-19-21-29(22-20-28)43-35-17-9-7-16-32(35)38-36(43)24-23-31-30-15-8-10-18-37(30)44-39(31)38/h1-25H. The number of aromatic nitrogens is 3. The molecule has 0 bridgehead atoms. The fourth-order valence-electron chi connectivity index (χ4n) is 6.36. The summed E-state index contributed by atoms with van der Waals surface area (Å²) in [4.78, 5) is 10.1. The van der Waals surface area contributed by atoms with E-state index in [-0.39, 0.29) is 0 Å². The van der Waals surface area contributed by atoms with Crippen molar-refractivity contribution in [3.63, 3.8) is 0 Å².